The molecule has 0 fully saturated rings. The van der Waals surface area contributed by atoms with E-state index in [1.54, 1.807) is 55.5 Å². The van der Waals surface area contributed by atoms with Gasteiger partial charge in [0.2, 0.25) is 0 Å². The van der Waals surface area contributed by atoms with Crippen molar-refractivity contribution in [1.82, 2.24) is 0 Å². The Morgan fingerprint density at radius 3 is 2.21 bits per heavy atom. The smallest absolute Gasteiger partial charge is 0.264 e. The fourth-order valence-electron chi connectivity index (χ4n) is 2.91. The largest absolute Gasteiger partial charge is 0.322 e. The Balaban J connectivity index is 1.80. The zero-order valence-electron chi connectivity index (χ0n) is 15.8. The third-order valence-electron chi connectivity index (χ3n) is 4.31. The molecule has 144 valence electrons. The number of para-hydroxylation sites is 1. The van der Waals surface area contributed by atoms with Crippen LogP contribution in [0.4, 0.5) is 11.4 Å². The highest BCUT2D eigenvalue weighted by atomic mass is 32.2. The van der Waals surface area contributed by atoms with Gasteiger partial charge in [-0.05, 0) is 62.4 Å². The van der Waals surface area contributed by atoms with Gasteiger partial charge in [0.25, 0.3) is 15.9 Å². The molecular formula is C22H22N2O3S. The number of anilines is 2. The van der Waals surface area contributed by atoms with E-state index >= 15 is 0 Å². The van der Waals surface area contributed by atoms with E-state index in [1.165, 1.54) is 16.4 Å². The van der Waals surface area contributed by atoms with E-state index in [2.05, 4.69) is 5.32 Å². The first-order chi connectivity index (χ1) is 13.4. The molecule has 0 spiro atoms. The Morgan fingerprint density at radius 2 is 1.61 bits per heavy atom. The number of nitrogens with one attached hydrogen (secondary N) is 1. The van der Waals surface area contributed by atoms with E-state index in [-0.39, 0.29) is 10.8 Å². The van der Waals surface area contributed by atoms with Gasteiger partial charge in [-0.25, -0.2) is 8.42 Å². The molecule has 3 aromatic carbocycles. The highest BCUT2D eigenvalue weighted by Gasteiger charge is 2.23. The third kappa shape index (κ3) is 4.23. The van der Waals surface area contributed by atoms with Crippen LogP contribution < -0.4 is 9.62 Å². The molecule has 0 saturated carbocycles. The molecule has 3 rings (SSSR count). The van der Waals surface area contributed by atoms with E-state index < -0.39 is 10.0 Å². The summed E-state index contributed by atoms with van der Waals surface area (Å²) in [6, 6.07) is 22.5. The summed E-state index contributed by atoms with van der Waals surface area (Å²) in [7, 11) is -3.69. The quantitative estimate of drug-likeness (QED) is 0.671. The molecule has 0 aliphatic rings. The van der Waals surface area contributed by atoms with Gasteiger partial charge in [-0.3, -0.25) is 9.10 Å². The third-order valence-corrected chi connectivity index (χ3v) is 6.23. The van der Waals surface area contributed by atoms with E-state index in [4.69, 9.17) is 0 Å². The number of nitrogens with zero attached hydrogens (tertiary/aromatic N) is 1. The van der Waals surface area contributed by atoms with Crippen molar-refractivity contribution in [3.05, 3.63) is 90.0 Å². The molecule has 0 bridgehead atoms. The van der Waals surface area contributed by atoms with Crippen LogP contribution in [0.1, 0.15) is 22.8 Å². The van der Waals surface area contributed by atoms with Crippen molar-refractivity contribution in [3.63, 3.8) is 0 Å². The van der Waals surface area contributed by atoms with Gasteiger partial charge in [-0.15, -0.1) is 0 Å². The summed E-state index contributed by atoms with van der Waals surface area (Å²) in [6.45, 7) is 4.03. The number of benzene rings is 3. The van der Waals surface area contributed by atoms with Gasteiger partial charge < -0.3 is 5.32 Å². The van der Waals surface area contributed by atoms with Gasteiger partial charge in [0.05, 0.1) is 10.6 Å². The first kappa shape index (κ1) is 19.6. The van der Waals surface area contributed by atoms with Crippen molar-refractivity contribution in [2.45, 2.75) is 18.7 Å². The summed E-state index contributed by atoms with van der Waals surface area (Å²) in [6.07, 6.45) is 0. The molecule has 0 saturated heterocycles. The molecule has 0 heterocycles. The lowest BCUT2D eigenvalue weighted by Gasteiger charge is -2.23. The summed E-state index contributed by atoms with van der Waals surface area (Å²) in [4.78, 5) is 12.5. The summed E-state index contributed by atoms with van der Waals surface area (Å²) in [5.74, 6) is -0.237. The molecule has 5 nitrogen and oxygen atoms in total. The Morgan fingerprint density at radius 1 is 0.929 bits per heavy atom. The monoisotopic (exact) mass is 394 g/mol. The van der Waals surface area contributed by atoms with Crippen LogP contribution in [-0.2, 0) is 10.0 Å². The minimum Gasteiger partial charge on any atom is -0.322 e. The number of hydrogen-bond donors (Lipinski definition) is 1. The first-order valence-electron chi connectivity index (χ1n) is 8.97. The van der Waals surface area contributed by atoms with Gasteiger partial charge in [-0.1, -0.05) is 35.9 Å². The van der Waals surface area contributed by atoms with Gasteiger partial charge >= 0.3 is 0 Å². The van der Waals surface area contributed by atoms with Crippen molar-refractivity contribution in [2.75, 3.05) is 16.2 Å². The molecule has 28 heavy (non-hydrogen) atoms. The lowest BCUT2D eigenvalue weighted by Crippen LogP contribution is -2.30. The maximum absolute atomic E-state index is 13.0. The molecule has 0 atom stereocenters. The Labute approximate surface area is 165 Å². The summed E-state index contributed by atoms with van der Waals surface area (Å²) < 4.78 is 27.3. The van der Waals surface area contributed by atoms with Crippen LogP contribution >= 0.6 is 0 Å². The minimum absolute atomic E-state index is 0.173. The van der Waals surface area contributed by atoms with E-state index in [0.717, 1.165) is 5.56 Å². The number of sulfonamides is 1. The number of aryl methyl sites for hydroxylation is 1. The molecule has 0 aliphatic heterocycles. The number of rotatable bonds is 6. The lowest BCUT2D eigenvalue weighted by molar-refractivity contribution is 0.102. The van der Waals surface area contributed by atoms with Crippen molar-refractivity contribution in [1.29, 1.82) is 0 Å². The van der Waals surface area contributed by atoms with Gasteiger partial charge in [0.1, 0.15) is 0 Å². The molecule has 1 amide bonds. The average Bonchev–Trinajstić information content (AvgIpc) is 2.69. The number of carbonyl (C=O) groups is 1. The number of amides is 1. The van der Waals surface area contributed by atoms with E-state index in [9.17, 15) is 13.2 Å². The highest BCUT2D eigenvalue weighted by Crippen LogP contribution is 2.24. The standard InChI is InChI=1S/C22H22N2O3S/c1-3-24(20-10-5-4-6-11-20)28(26,27)21-14-12-19(13-15-21)23-22(25)18-9-7-8-17(2)16-18/h4-16H,3H2,1-2H3,(H,23,25). The van der Waals surface area contributed by atoms with Crippen LogP contribution in [0.15, 0.2) is 83.8 Å². The fourth-order valence-corrected chi connectivity index (χ4v) is 4.39. The lowest BCUT2D eigenvalue weighted by atomic mass is 10.1. The minimum atomic E-state index is -3.69. The number of hydrogen-bond acceptors (Lipinski definition) is 3. The molecule has 0 unspecified atom stereocenters. The summed E-state index contributed by atoms with van der Waals surface area (Å²) in [5, 5.41) is 2.79. The Hall–Kier alpha value is -3.12. The molecular weight excluding hydrogens is 372 g/mol. The average molecular weight is 394 g/mol. The van der Waals surface area contributed by atoms with Gasteiger partial charge in [0.15, 0.2) is 0 Å². The van der Waals surface area contributed by atoms with Crippen molar-refractivity contribution < 1.29 is 13.2 Å². The first-order valence-corrected chi connectivity index (χ1v) is 10.4. The zero-order valence-corrected chi connectivity index (χ0v) is 16.6. The summed E-state index contributed by atoms with van der Waals surface area (Å²) >= 11 is 0. The zero-order chi connectivity index (χ0) is 20.1. The Bertz CT molecular complexity index is 1060. The highest BCUT2D eigenvalue weighted by molar-refractivity contribution is 7.92. The molecule has 0 aliphatic carbocycles. The van der Waals surface area contributed by atoms with Crippen molar-refractivity contribution >= 4 is 27.3 Å². The van der Waals surface area contributed by atoms with Crippen LogP contribution in [0.25, 0.3) is 0 Å². The van der Waals surface area contributed by atoms with Crippen LogP contribution in [0.5, 0.6) is 0 Å². The second-order valence-corrected chi connectivity index (χ2v) is 8.22. The molecule has 0 radical (unpaired) electrons. The second kappa shape index (κ2) is 8.27. The predicted octanol–water partition coefficient (Wildman–Crippen LogP) is 4.46. The predicted molar refractivity (Wildman–Crippen MR) is 112 cm³/mol. The van der Waals surface area contributed by atoms with Crippen molar-refractivity contribution in [2.24, 2.45) is 0 Å². The normalized spacial score (nSPS) is 11.1. The van der Waals surface area contributed by atoms with Crippen LogP contribution in [0.3, 0.4) is 0 Å². The topological polar surface area (TPSA) is 66.5 Å². The van der Waals surface area contributed by atoms with Gasteiger partial charge in [0, 0.05) is 17.8 Å². The second-order valence-electron chi connectivity index (χ2n) is 6.35. The van der Waals surface area contributed by atoms with Crippen LogP contribution in [-0.4, -0.2) is 20.9 Å². The van der Waals surface area contributed by atoms with E-state index in [1.807, 2.05) is 25.1 Å². The molecule has 0 aromatic heterocycles. The fraction of sp³-hybridized carbons (Fsp3) is 0.136. The maximum atomic E-state index is 13.0. The van der Waals surface area contributed by atoms with E-state index in [0.29, 0.717) is 23.5 Å². The molecule has 6 heteroatoms. The van der Waals surface area contributed by atoms with Crippen LogP contribution in [0, 0.1) is 6.92 Å². The number of carbonyl (C=O) groups excluding carboxylic acids is 1. The Kier molecular flexibility index (Phi) is 5.80. The van der Waals surface area contributed by atoms with Gasteiger partial charge in [-0.2, -0.15) is 0 Å². The molecule has 1 N–H and O–H groups in total. The van der Waals surface area contributed by atoms with Crippen molar-refractivity contribution in [3.8, 4) is 0 Å². The maximum Gasteiger partial charge on any atom is 0.264 e. The summed E-state index contributed by atoms with van der Waals surface area (Å²) in [5.41, 5.74) is 2.70. The SMILES string of the molecule is CCN(c1ccccc1)S(=O)(=O)c1ccc(NC(=O)c2cccc(C)c2)cc1. The van der Waals surface area contributed by atoms with Crippen LogP contribution in [0.2, 0.25) is 0 Å². The molecule has 3 aromatic rings.